The summed E-state index contributed by atoms with van der Waals surface area (Å²) >= 11 is 11.5. The van der Waals surface area contributed by atoms with Gasteiger partial charge in [0.25, 0.3) is 0 Å². The maximum absolute atomic E-state index is 9.21. The molecule has 1 heterocycles. The van der Waals surface area contributed by atoms with Crippen LogP contribution in [0.2, 0.25) is 10.2 Å². The third kappa shape index (κ3) is 1.61. The van der Waals surface area contributed by atoms with Gasteiger partial charge in [-0.2, -0.15) is 0 Å². The van der Waals surface area contributed by atoms with Gasteiger partial charge in [-0.1, -0.05) is 23.2 Å². The molecule has 3 nitrogen and oxygen atoms in total. The first-order valence-electron chi connectivity index (χ1n) is 4.30. The van der Waals surface area contributed by atoms with Gasteiger partial charge in [-0.3, -0.25) is 0 Å². The number of halogens is 2. The van der Waals surface area contributed by atoms with Crippen LogP contribution in [0.1, 0.15) is 18.4 Å². The van der Waals surface area contributed by atoms with Crippen LogP contribution in [0.15, 0.2) is 12.3 Å². The monoisotopic (exact) mass is 232 g/mol. The molecule has 0 aromatic carbocycles. The summed E-state index contributed by atoms with van der Waals surface area (Å²) in [4.78, 5) is 3.92. The highest BCUT2D eigenvalue weighted by Crippen LogP contribution is 2.39. The first kappa shape index (κ1) is 10.2. The number of aliphatic hydroxyl groups is 1. The molecule has 0 saturated heterocycles. The summed E-state index contributed by atoms with van der Waals surface area (Å²) in [5.41, 5.74) is 6.38. The van der Waals surface area contributed by atoms with E-state index in [2.05, 4.69) is 4.98 Å². The minimum Gasteiger partial charge on any atom is -0.393 e. The fourth-order valence-electron chi connectivity index (χ4n) is 1.71. The summed E-state index contributed by atoms with van der Waals surface area (Å²) in [5.74, 6) is 0. The minimum absolute atomic E-state index is 0.277. The van der Waals surface area contributed by atoms with E-state index >= 15 is 0 Å². The molecule has 0 amide bonds. The Bertz CT molecular complexity index is 364. The van der Waals surface area contributed by atoms with E-state index in [1.807, 2.05) is 0 Å². The van der Waals surface area contributed by atoms with Crippen molar-refractivity contribution in [3.8, 4) is 0 Å². The van der Waals surface area contributed by atoms with E-state index in [0.717, 1.165) is 5.56 Å². The van der Waals surface area contributed by atoms with E-state index in [9.17, 15) is 5.11 Å². The molecule has 1 saturated carbocycles. The van der Waals surface area contributed by atoms with E-state index in [0.29, 0.717) is 17.9 Å². The molecule has 76 valence electrons. The lowest BCUT2D eigenvalue weighted by molar-refractivity contribution is 0.0208. The summed E-state index contributed by atoms with van der Waals surface area (Å²) in [6.07, 6.45) is 2.40. The van der Waals surface area contributed by atoms with Crippen molar-refractivity contribution < 1.29 is 5.11 Å². The Morgan fingerprint density at radius 2 is 2.14 bits per heavy atom. The van der Waals surface area contributed by atoms with Crippen LogP contribution in [0.25, 0.3) is 0 Å². The molecule has 0 atom stereocenters. The molecule has 14 heavy (non-hydrogen) atoms. The van der Waals surface area contributed by atoms with Crippen LogP contribution in [0, 0.1) is 0 Å². The number of pyridine rings is 1. The highest BCUT2D eigenvalue weighted by molar-refractivity contribution is 6.41. The molecule has 1 aromatic rings. The quantitative estimate of drug-likeness (QED) is 0.725. The number of aliphatic hydroxyl groups excluding tert-OH is 1. The zero-order valence-electron chi connectivity index (χ0n) is 7.37. The molecule has 0 radical (unpaired) electrons. The van der Waals surface area contributed by atoms with E-state index in [-0.39, 0.29) is 11.3 Å². The van der Waals surface area contributed by atoms with Crippen molar-refractivity contribution in [1.29, 1.82) is 0 Å². The van der Waals surface area contributed by atoms with Crippen LogP contribution < -0.4 is 5.73 Å². The maximum atomic E-state index is 9.21. The summed E-state index contributed by atoms with van der Waals surface area (Å²) < 4.78 is 0. The van der Waals surface area contributed by atoms with Crippen molar-refractivity contribution in [2.75, 3.05) is 0 Å². The number of rotatable bonds is 1. The number of nitrogens with two attached hydrogens (primary N) is 1. The van der Waals surface area contributed by atoms with Gasteiger partial charge < -0.3 is 10.8 Å². The standard InChI is InChI=1S/C9H10Cl2N2O/c10-7-1-5(4-13-8(7)11)9(12)2-6(14)3-9/h1,4,6,14H,2-3,12H2. The predicted octanol–water partition coefficient (Wildman–Crippen LogP) is 1.70. The molecule has 0 aliphatic heterocycles. The van der Waals surface area contributed by atoms with E-state index in [4.69, 9.17) is 28.9 Å². The second-order valence-corrected chi connectivity index (χ2v) is 4.48. The molecule has 2 rings (SSSR count). The molecule has 3 N–H and O–H groups in total. The van der Waals surface area contributed by atoms with Crippen LogP contribution >= 0.6 is 23.2 Å². The molecular formula is C9H10Cl2N2O. The summed E-state index contributed by atoms with van der Waals surface area (Å²) in [7, 11) is 0. The number of aromatic nitrogens is 1. The number of nitrogens with zero attached hydrogens (tertiary/aromatic N) is 1. The third-order valence-electron chi connectivity index (χ3n) is 2.57. The van der Waals surface area contributed by atoms with Gasteiger partial charge in [-0.25, -0.2) is 4.98 Å². The van der Waals surface area contributed by atoms with Crippen LogP contribution in [0.3, 0.4) is 0 Å². The van der Waals surface area contributed by atoms with E-state index in [1.54, 1.807) is 12.3 Å². The topological polar surface area (TPSA) is 59.1 Å². The number of hydrogen-bond donors (Lipinski definition) is 2. The Hall–Kier alpha value is -0.350. The maximum Gasteiger partial charge on any atom is 0.147 e. The van der Waals surface area contributed by atoms with Gasteiger partial charge in [0.15, 0.2) is 0 Å². The van der Waals surface area contributed by atoms with Crippen molar-refractivity contribution in [2.24, 2.45) is 5.73 Å². The molecule has 1 aromatic heterocycles. The molecule has 0 bridgehead atoms. The van der Waals surface area contributed by atoms with Crippen molar-refractivity contribution >= 4 is 23.2 Å². The summed E-state index contributed by atoms with van der Waals surface area (Å²) in [5, 5.41) is 9.88. The SMILES string of the molecule is NC1(c2cnc(Cl)c(Cl)c2)CC(O)C1. The third-order valence-corrected chi connectivity index (χ3v) is 3.26. The van der Waals surface area contributed by atoms with Gasteiger partial charge in [-0.05, 0) is 24.5 Å². The number of hydrogen-bond acceptors (Lipinski definition) is 3. The minimum atomic E-state index is -0.485. The molecule has 0 unspecified atom stereocenters. The van der Waals surface area contributed by atoms with Gasteiger partial charge in [0.05, 0.1) is 11.1 Å². The Morgan fingerprint density at radius 1 is 1.50 bits per heavy atom. The molecule has 5 heteroatoms. The average Bonchev–Trinajstić information content (AvgIpc) is 2.07. The molecule has 1 aliphatic carbocycles. The van der Waals surface area contributed by atoms with Crippen molar-refractivity contribution in [2.45, 2.75) is 24.5 Å². The van der Waals surface area contributed by atoms with Crippen molar-refractivity contribution in [3.05, 3.63) is 28.0 Å². The largest absolute Gasteiger partial charge is 0.393 e. The van der Waals surface area contributed by atoms with Crippen LogP contribution in [-0.2, 0) is 5.54 Å². The van der Waals surface area contributed by atoms with Gasteiger partial charge in [0, 0.05) is 11.7 Å². The predicted molar refractivity (Wildman–Crippen MR) is 55.4 cm³/mol. The molecule has 1 fully saturated rings. The first-order chi connectivity index (χ1) is 6.51. The van der Waals surface area contributed by atoms with Gasteiger partial charge in [-0.15, -0.1) is 0 Å². The summed E-state index contributed by atoms with van der Waals surface area (Å²) in [6.45, 7) is 0. The van der Waals surface area contributed by atoms with Crippen molar-refractivity contribution in [1.82, 2.24) is 4.98 Å². The fraction of sp³-hybridized carbons (Fsp3) is 0.444. The molecular weight excluding hydrogens is 223 g/mol. The second-order valence-electron chi connectivity index (χ2n) is 3.71. The lowest BCUT2D eigenvalue weighted by Crippen LogP contribution is -2.51. The normalized spacial score (nSPS) is 31.3. The van der Waals surface area contributed by atoms with Crippen LogP contribution in [0.4, 0.5) is 0 Å². The first-order valence-corrected chi connectivity index (χ1v) is 5.05. The smallest absolute Gasteiger partial charge is 0.147 e. The Balaban J connectivity index is 2.29. The second kappa shape index (κ2) is 3.35. The van der Waals surface area contributed by atoms with Crippen molar-refractivity contribution in [3.63, 3.8) is 0 Å². The van der Waals surface area contributed by atoms with Crippen LogP contribution in [-0.4, -0.2) is 16.2 Å². The van der Waals surface area contributed by atoms with Gasteiger partial charge in [0.1, 0.15) is 5.15 Å². The Morgan fingerprint density at radius 3 is 2.64 bits per heavy atom. The lowest BCUT2D eigenvalue weighted by Gasteiger charge is -2.42. The van der Waals surface area contributed by atoms with Gasteiger partial charge >= 0.3 is 0 Å². The highest BCUT2D eigenvalue weighted by Gasteiger charge is 2.41. The van der Waals surface area contributed by atoms with E-state index < -0.39 is 5.54 Å². The van der Waals surface area contributed by atoms with E-state index in [1.165, 1.54) is 0 Å². The van der Waals surface area contributed by atoms with Crippen LogP contribution in [0.5, 0.6) is 0 Å². The highest BCUT2D eigenvalue weighted by atomic mass is 35.5. The fourth-order valence-corrected chi connectivity index (χ4v) is 1.98. The Labute approximate surface area is 91.8 Å². The Kier molecular flexibility index (Phi) is 2.43. The average molecular weight is 233 g/mol. The molecule has 1 aliphatic rings. The van der Waals surface area contributed by atoms with Gasteiger partial charge in [0.2, 0.25) is 0 Å². The lowest BCUT2D eigenvalue weighted by atomic mass is 9.71. The zero-order chi connectivity index (χ0) is 10.3. The summed E-state index contributed by atoms with van der Waals surface area (Å²) in [6, 6.07) is 1.71. The zero-order valence-corrected chi connectivity index (χ0v) is 8.89. The molecule has 0 spiro atoms.